The Kier molecular flexibility index (Phi) is 10.9. The first-order chi connectivity index (χ1) is 8.65. The summed E-state index contributed by atoms with van der Waals surface area (Å²) in [5.41, 5.74) is 12.8. The number of nitrogens with zero attached hydrogens (tertiary/aromatic N) is 2. The molecule has 0 aliphatic heterocycles. The number of anilines is 2. The second-order valence-electron chi connectivity index (χ2n) is 4.32. The van der Waals surface area contributed by atoms with Gasteiger partial charge in [0.15, 0.2) is 0 Å². The van der Waals surface area contributed by atoms with E-state index < -0.39 is 0 Å². The van der Waals surface area contributed by atoms with Crippen LogP contribution in [0.15, 0.2) is 36.9 Å². The first-order valence-electron chi connectivity index (χ1n) is 5.94. The van der Waals surface area contributed by atoms with E-state index in [4.69, 9.17) is 16.2 Å². The van der Waals surface area contributed by atoms with Crippen LogP contribution in [0.25, 0.3) is 0 Å². The summed E-state index contributed by atoms with van der Waals surface area (Å²) < 4.78 is 9.75. The van der Waals surface area contributed by atoms with Gasteiger partial charge in [0.2, 0.25) is 6.33 Å². The number of aromatic nitrogens is 2. The van der Waals surface area contributed by atoms with Gasteiger partial charge in [0, 0.05) is 18.2 Å². The molecular weight excluding hydrogens is 335 g/mol. The molecule has 0 aliphatic rings. The Balaban J connectivity index is 0. The highest BCUT2D eigenvalue weighted by atomic mass is 35.5. The zero-order chi connectivity index (χ0) is 13.0. The van der Waals surface area contributed by atoms with Crippen molar-refractivity contribution in [2.45, 2.75) is 13.0 Å². The maximum atomic E-state index is 5.80. The molecule has 0 radical (unpaired) electrons. The highest BCUT2D eigenvalue weighted by Gasteiger charge is 2.02. The predicted octanol–water partition coefficient (Wildman–Crippen LogP) is -1.21. The van der Waals surface area contributed by atoms with Crippen LogP contribution < -0.4 is 33.2 Å². The zero-order valence-corrected chi connectivity index (χ0v) is 14.1. The minimum absolute atomic E-state index is 0. The number of ether oxygens (including phenoxy) is 1. The Morgan fingerprint density at radius 3 is 2.57 bits per heavy atom. The molecule has 0 saturated heterocycles. The summed E-state index contributed by atoms with van der Waals surface area (Å²) in [6, 6.07) is 5.28. The number of nitrogen functional groups attached to an aromatic ring is 2. The van der Waals surface area contributed by atoms with Crippen molar-refractivity contribution in [3.63, 3.8) is 0 Å². The number of hydrogen-bond acceptors (Lipinski definition) is 3. The summed E-state index contributed by atoms with van der Waals surface area (Å²) >= 11 is 0. The van der Waals surface area contributed by atoms with Crippen molar-refractivity contribution in [1.82, 2.24) is 4.57 Å². The Morgan fingerprint density at radius 2 is 1.95 bits per heavy atom. The molecule has 0 unspecified atom stereocenters. The second-order valence-corrected chi connectivity index (χ2v) is 4.32. The molecule has 5 nitrogen and oxygen atoms in total. The van der Waals surface area contributed by atoms with Gasteiger partial charge in [-0.25, -0.2) is 9.13 Å². The van der Waals surface area contributed by atoms with Crippen LogP contribution >= 0.6 is 24.8 Å². The molecule has 21 heavy (non-hydrogen) atoms. The highest BCUT2D eigenvalue weighted by molar-refractivity contribution is 5.85. The predicted molar refractivity (Wildman–Crippen MR) is 85.5 cm³/mol. The van der Waals surface area contributed by atoms with Crippen LogP contribution in [-0.2, 0) is 13.6 Å². The van der Waals surface area contributed by atoms with Gasteiger partial charge in [0.05, 0.1) is 25.9 Å². The van der Waals surface area contributed by atoms with Crippen molar-refractivity contribution in [1.29, 1.82) is 0 Å². The molecule has 120 valence electrons. The molecule has 0 aliphatic carbocycles. The lowest BCUT2D eigenvalue weighted by Gasteiger charge is -2.08. The van der Waals surface area contributed by atoms with Gasteiger partial charge in [-0.3, -0.25) is 0 Å². The third kappa shape index (κ3) is 6.80. The number of imidazole rings is 1. The van der Waals surface area contributed by atoms with Crippen molar-refractivity contribution in [2.24, 2.45) is 7.05 Å². The summed E-state index contributed by atoms with van der Waals surface area (Å²) in [6.45, 7) is 1.54. The van der Waals surface area contributed by atoms with Gasteiger partial charge in [-0.1, -0.05) is 0 Å². The van der Waals surface area contributed by atoms with Gasteiger partial charge in [-0.2, -0.15) is 0 Å². The monoisotopic (exact) mass is 354 g/mol. The summed E-state index contributed by atoms with van der Waals surface area (Å²) in [6.07, 6.45) is 7.00. The minimum atomic E-state index is 0. The number of rotatable bonds is 5. The van der Waals surface area contributed by atoms with Crippen LogP contribution in [0.4, 0.5) is 11.4 Å². The maximum Gasteiger partial charge on any atom is 0.243 e. The number of halogens is 3. The lowest BCUT2D eigenvalue weighted by atomic mass is 10.2. The van der Waals surface area contributed by atoms with E-state index >= 15 is 0 Å². The SMILES string of the molecule is C[n+]1ccn(CCCOc2cc(N)ccc2N)c1.Cl.Cl.[Cl-]. The Bertz CT molecular complexity index is 534. The molecule has 2 rings (SSSR count). The van der Waals surface area contributed by atoms with Gasteiger partial charge >= 0.3 is 0 Å². The molecule has 8 heteroatoms. The molecule has 1 heterocycles. The summed E-state index contributed by atoms with van der Waals surface area (Å²) in [7, 11) is 2.00. The van der Waals surface area contributed by atoms with Gasteiger partial charge < -0.3 is 28.6 Å². The first-order valence-corrected chi connectivity index (χ1v) is 5.94. The largest absolute Gasteiger partial charge is 1.00 e. The number of hydrogen-bond donors (Lipinski definition) is 2. The smallest absolute Gasteiger partial charge is 0.243 e. The molecule has 2 aromatic rings. The molecule has 0 atom stereocenters. The van der Waals surface area contributed by atoms with E-state index in [-0.39, 0.29) is 37.2 Å². The number of aryl methyl sites for hydroxylation is 2. The standard InChI is InChI=1S/C13H19N4O.3ClH/c1-16-6-7-17(10-16)5-2-8-18-13-9-11(14)3-4-12(13)15;;;/h3-4,6-7,9-10H,2,5,8,14-15H2,1H3;3*1H/q+1;;;/p-1. The average molecular weight is 356 g/mol. The maximum absolute atomic E-state index is 5.80. The van der Waals surface area contributed by atoms with E-state index in [1.807, 2.05) is 30.3 Å². The second kappa shape index (κ2) is 10.4. The fourth-order valence-electron chi connectivity index (χ4n) is 1.74. The summed E-state index contributed by atoms with van der Waals surface area (Å²) in [4.78, 5) is 0. The van der Waals surface area contributed by atoms with E-state index in [9.17, 15) is 0 Å². The van der Waals surface area contributed by atoms with Crippen molar-refractivity contribution in [3.05, 3.63) is 36.9 Å². The minimum Gasteiger partial charge on any atom is -1.00 e. The van der Waals surface area contributed by atoms with Crippen LogP contribution in [0.2, 0.25) is 0 Å². The topological polar surface area (TPSA) is 70.1 Å². The fourth-order valence-corrected chi connectivity index (χ4v) is 1.74. The molecule has 4 N–H and O–H groups in total. The van der Waals surface area contributed by atoms with E-state index in [1.54, 1.807) is 18.2 Å². The summed E-state index contributed by atoms with van der Waals surface area (Å²) in [5, 5.41) is 0. The van der Waals surface area contributed by atoms with Gasteiger partial charge in [0.1, 0.15) is 18.1 Å². The lowest BCUT2D eigenvalue weighted by Crippen LogP contribution is -3.00. The van der Waals surface area contributed by atoms with Crippen molar-refractivity contribution < 1.29 is 21.7 Å². The molecule has 0 fully saturated rings. The quantitative estimate of drug-likeness (QED) is 0.402. The molecule has 1 aromatic heterocycles. The third-order valence-electron chi connectivity index (χ3n) is 2.68. The van der Waals surface area contributed by atoms with E-state index in [0.717, 1.165) is 13.0 Å². The lowest BCUT2D eigenvalue weighted by molar-refractivity contribution is -0.671. The first kappa shape index (κ1) is 22.0. The van der Waals surface area contributed by atoms with Gasteiger partial charge in [-0.15, -0.1) is 24.8 Å². The molecule has 0 bridgehead atoms. The molecule has 0 spiro atoms. The van der Waals surface area contributed by atoms with Crippen molar-refractivity contribution in [2.75, 3.05) is 18.1 Å². The molecule has 0 amide bonds. The Morgan fingerprint density at radius 1 is 1.24 bits per heavy atom. The molecule has 0 saturated carbocycles. The zero-order valence-electron chi connectivity index (χ0n) is 11.7. The van der Waals surface area contributed by atoms with Gasteiger partial charge in [-0.05, 0) is 12.1 Å². The van der Waals surface area contributed by atoms with Crippen LogP contribution in [0, 0.1) is 0 Å². The van der Waals surface area contributed by atoms with Crippen molar-refractivity contribution >= 4 is 36.2 Å². The number of nitrogens with two attached hydrogens (primary N) is 2. The molecular formula is C13H21Cl3N4O. The average Bonchev–Trinajstić information content (AvgIpc) is 2.75. The van der Waals surface area contributed by atoms with E-state index in [0.29, 0.717) is 23.7 Å². The summed E-state index contributed by atoms with van der Waals surface area (Å²) in [5.74, 6) is 0.660. The van der Waals surface area contributed by atoms with Crippen LogP contribution in [0.3, 0.4) is 0 Å². The Labute approximate surface area is 143 Å². The normalized spacial score (nSPS) is 9.00. The fraction of sp³-hybridized carbons (Fsp3) is 0.308. The van der Waals surface area contributed by atoms with E-state index in [1.165, 1.54) is 0 Å². The third-order valence-corrected chi connectivity index (χ3v) is 2.68. The Hall–Kier alpha value is -1.30. The van der Waals surface area contributed by atoms with Gasteiger partial charge in [0.25, 0.3) is 0 Å². The van der Waals surface area contributed by atoms with Crippen LogP contribution in [0.5, 0.6) is 5.75 Å². The highest BCUT2D eigenvalue weighted by Crippen LogP contribution is 2.23. The van der Waals surface area contributed by atoms with Crippen LogP contribution in [0.1, 0.15) is 6.42 Å². The number of benzene rings is 1. The van der Waals surface area contributed by atoms with E-state index in [2.05, 4.69) is 4.57 Å². The van der Waals surface area contributed by atoms with Crippen LogP contribution in [-0.4, -0.2) is 11.2 Å². The molecule has 1 aromatic carbocycles. The van der Waals surface area contributed by atoms with Crippen molar-refractivity contribution in [3.8, 4) is 5.75 Å².